The normalized spacial score (nSPS) is 24.9. The van der Waals surface area contributed by atoms with Crippen LogP contribution in [-0.2, 0) is 27.9 Å². The minimum Gasteiger partial charge on any atom is -0.847 e. The van der Waals surface area contributed by atoms with Crippen LogP contribution in [-0.4, -0.2) is 51.8 Å². The van der Waals surface area contributed by atoms with Crippen molar-refractivity contribution >= 4 is 19.6 Å². The molecule has 0 fully saturated rings. The lowest BCUT2D eigenvalue weighted by Gasteiger charge is -2.37. The topological polar surface area (TPSA) is 163 Å². The van der Waals surface area contributed by atoms with Gasteiger partial charge >= 0.3 is 13.8 Å². The number of ether oxygens (including phenoxy) is 1. The lowest BCUT2D eigenvalue weighted by Crippen LogP contribution is -2.43. The minimum absolute atomic E-state index is 0.0720. The number of aliphatic hydroxyl groups excluding tert-OH is 2. The molecule has 1 heterocycles. The summed E-state index contributed by atoms with van der Waals surface area (Å²) in [5, 5.41) is 31.2. The van der Waals surface area contributed by atoms with Crippen molar-refractivity contribution in [1.82, 2.24) is 0 Å². The first-order chi connectivity index (χ1) is 19.1. The van der Waals surface area contributed by atoms with Crippen LogP contribution < -0.4 is 5.11 Å². The van der Waals surface area contributed by atoms with Crippen molar-refractivity contribution in [1.29, 1.82) is 0 Å². The van der Waals surface area contributed by atoms with E-state index in [4.69, 9.17) is 9.05 Å². The molecule has 1 aliphatic heterocycles. The van der Waals surface area contributed by atoms with Gasteiger partial charge in [-0.1, -0.05) is 91.9 Å². The van der Waals surface area contributed by atoms with Gasteiger partial charge in [-0.25, -0.2) is 9.36 Å². The Morgan fingerprint density at radius 1 is 1.12 bits per heavy atom. The Bertz CT molecular complexity index is 1310. The number of esters is 1. The summed E-state index contributed by atoms with van der Waals surface area (Å²) < 4.78 is 26.9. The molecule has 224 valence electrons. The van der Waals surface area contributed by atoms with Crippen LogP contribution in [0.2, 0.25) is 0 Å². The van der Waals surface area contributed by atoms with Crippen molar-refractivity contribution in [2.45, 2.75) is 66.3 Å². The molecule has 0 radical (unpaired) electrons. The Labute approximate surface area is 240 Å². The summed E-state index contributed by atoms with van der Waals surface area (Å²) in [7, 11) is -4.90. The fourth-order valence-corrected chi connectivity index (χ4v) is 5.10. The fraction of sp³-hybridized carbons (Fsp3) is 0.400. The van der Waals surface area contributed by atoms with Gasteiger partial charge in [-0.3, -0.25) is 13.8 Å². The van der Waals surface area contributed by atoms with Crippen LogP contribution in [0, 0.1) is 5.41 Å². The predicted octanol–water partition coefficient (Wildman–Crippen LogP) is 4.92. The Morgan fingerprint density at radius 2 is 1.76 bits per heavy atom. The van der Waals surface area contributed by atoms with Crippen LogP contribution in [0.15, 0.2) is 94.6 Å². The summed E-state index contributed by atoms with van der Waals surface area (Å²) in [6.45, 7) is 10.2. The first-order valence-corrected chi connectivity index (χ1v) is 14.5. The van der Waals surface area contributed by atoms with Gasteiger partial charge < -0.3 is 24.9 Å². The summed E-state index contributed by atoms with van der Waals surface area (Å²) >= 11 is 0. The van der Waals surface area contributed by atoms with Crippen molar-refractivity contribution in [3.8, 4) is 0 Å². The molecule has 0 spiro atoms. The summed E-state index contributed by atoms with van der Waals surface area (Å²) in [5.41, 5.74) is 2.53. The minimum atomic E-state index is -4.90. The first-order valence-electron chi connectivity index (χ1n) is 13.0. The molecule has 11 heteroatoms. The van der Waals surface area contributed by atoms with E-state index in [0.29, 0.717) is 5.57 Å². The maximum Gasteiger partial charge on any atom is 0.472 e. The van der Waals surface area contributed by atoms with Gasteiger partial charge in [0.25, 0.3) is 0 Å². The molecule has 0 aromatic heterocycles. The highest BCUT2D eigenvalue weighted by Gasteiger charge is 2.42. The average Bonchev–Trinajstić information content (AvgIpc) is 3.15. The van der Waals surface area contributed by atoms with Gasteiger partial charge in [0.15, 0.2) is 17.6 Å². The molecule has 4 atom stereocenters. The quantitative estimate of drug-likeness (QED) is 0.162. The van der Waals surface area contributed by atoms with E-state index >= 15 is 0 Å². The van der Waals surface area contributed by atoms with Gasteiger partial charge in [0, 0.05) is 0 Å². The van der Waals surface area contributed by atoms with Crippen LogP contribution >= 0.6 is 7.82 Å². The number of allylic oxidation sites excluding steroid dienone is 13. The Kier molecular flexibility index (Phi) is 12.1. The molecule has 0 saturated carbocycles. The van der Waals surface area contributed by atoms with Gasteiger partial charge in [0.05, 0.1) is 6.61 Å². The average molecular weight is 590 g/mol. The van der Waals surface area contributed by atoms with E-state index in [2.05, 4.69) is 4.74 Å². The van der Waals surface area contributed by atoms with Gasteiger partial charge in [0.2, 0.25) is 5.76 Å². The number of phosphoric acid groups is 1. The fourth-order valence-electron chi connectivity index (χ4n) is 4.21. The molecule has 41 heavy (non-hydrogen) atoms. The van der Waals surface area contributed by atoms with Crippen molar-refractivity contribution in [2.24, 2.45) is 5.41 Å². The van der Waals surface area contributed by atoms with Gasteiger partial charge in [-0.15, -0.1) is 0 Å². The molecule has 0 bridgehead atoms. The van der Waals surface area contributed by atoms with Crippen LogP contribution in [0.4, 0.5) is 0 Å². The smallest absolute Gasteiger partial charge is 0.472 e. The number of hydrogen-bond acceptors (Lipinski definition) is 9. The molecule has 2 aliphatic rings. The SMILES string of the molecule is C\C=C/C=C/C=C(C)/C=C/C=C(C)/C=C/C1=C(C)C(=O)C(OP(=O)(O)OC[C@H]([O-])[C@H]2OC(=O)C(O)=C2O)CC1(C)C. The van der Waals surface area contributed by atoms with Crippen molar-refractivity contribution in [3.05, 3.63) is 94.6 Å². The number of carbonyl (C=O) groups excluding carboxylic acids is 2. The lowest BCUT2D eigenvalue weighted by atomic mass is 9.71. The van der Waals surface area contributed by atoms with E-state index in [1.54, 1.807) is 6.92 Å². The number of ketones is 1. The Morgan fingerprint density at radius 3 is 2.37 bits per heavy atom. The van der Waals surface area contributed by atoms with E-state index in [1.165, 1.54) is 0 Å². The molecule has 1 aliphatic carbocycles. The number of hydrogen-bond donors (Lipinski definition) is 3. The van der Waals surface area contributed by atoms with E-state index in [0.717, 1.165) is 16.7 Å². The number of aliphatic hydroxyl groups is 2. The zero-order valence-corrected chi connectivity index (χ0v) is 25.0. The van der Waals surface area contributed by atoms with E-state index < -0.39 is 61.4 Å². The first kappa shape index (κ1) is 33.9. The maximum absolute atomic E-state index is 13.1. The second-order valence-corrected chi connectivity index (χ2v) is 11.8. The molecule has 0 aromatic rings. The van der Waals surface area contributed by atoms with E-state index in [-0.39, 0.29) is 6.42 Å². The summed E-state index contributed by atoms with van der Waals surface area (Å²) in [6.07, 6.45) is 14.3. The van der Waals surface area contributed by atoms with Gasteiger partial charge in [0.1, 0.15) is 6.10 Å². The molecule has 0 amide bonds. The van der Waals surface area contributed by atoms with Crippen LogP contribution in [0.1, 0.15) is 48.0 Å². The highest BCUT2D eigenvalue weighted by molar-refractivity contribution is 7.47. The van der Waals surface area contributed by atoms with Crippen molar-refractivity contribution in [3.63, 3.8) is 0 Å². The largest absolute Gasteiger partial charge is 0.847 e. The molecule has 2 unspecified atom stereocenters. The van der Waals surface area contributed by atoms with E-state index in [1.807, 2.05) is 95.4 Å². The molecule has 3 N–H and O–H groups in total. The van der Waals surface area contributed by atoms with Crippen LogP contribution in [0.5, 0.6) is 0 Å². The van der Waals surface area contributed by atoms with Crippen LogP contribution in [0.25, 0.3) is 0 Å². The Hall–Kier alpha value is -3.27. The third-order valence-corrected chi connectivity index (χ3v) is 7.43. The molecular weight excluding hydrogens is 551 g/mol. The number of carbonyl (C=O) groups is 2. The Balaban J connectivity index is 2.07. The highest BCUT2D eigenvalue weighted by atomic mass is 31.2. The zero-order chi connectivity index (χ0) is 31.0. The molecular formula is C30H38O10P-. The third-order valence-electron chi connectivity index (χ3n) is 6.44. The molecule has 10 nitrogen and oxygen atoms in total. The summed E-state index contributed by atoms with van der Waals surface area (Å²) in [4.78, 5) is 34.5. The van der Waals surface area contributed by atoms with Crippen LogP contribution in [0.3, 0.4) is 0 Å². The van der Waals surface area contributed by atoms with Crippen molar-refractivity contribution < 1.29 is 48.2 Å². The zero-order valence-electron chi connectivity index (χ0n) is 24.1. The van der Waals surface area contributed by atoms with Gasteiger partial charge in [-0.05, 0) is 50.7 Å². The maximum atomic E-state index is 13.1. The van der Waals surface area contributed by atoms with E-state index in [9.17, 15) is 34.4 Å². The standard InChI is InChI=1S/C30H38O10P/c1-7-8-9-10-12-19(2)13-11-14-20(3)15-16-22-21(4)25(32)24(17-30(22,5)6)40-41(36,37)38-18-23(31)28-26(33)27(34)29(35)39-28/h7-16,23-24,28,33-34H,17-18H2,1-6H3,(H,36,37)/q-1/b8-7-,10-9+,13-11+,16-15+,19-12+,20-14+/t23-,24?,28+/m0/s1. The number of cyclic esters (lactones) is 1. The molecule has 0 aromatic carbocycles. The lowest BCUT2D eigenvalue weighted by molar-refractivity contribution is -0.438. The second kappa shape index (κ2) is 14.6. The number of Topliss-reactive ketones (excluding diaryl/α,β-unsaturated/α-hetero) is 1. The summed E-state index contributed by atoms with van der Waals surface area (Å²) in [6, 6.07) is 0. The predicted molar refractivity (Wildman–Crippen MR) is 152 cm³/mol. The summed E-state index contributed by atoms with van der Waals surface area (Å²) in [5.74, 6) is -3.89. The molecule has 2 rings (SSSR count). The monoisotopic (exact) mass is 589 g/mol. The second-order valence-electron chi connectivity index (χ2n) is 10.4. The number of phosphoric ester groups is 1. The molecule has 0 saturated heterocycles. The third kappa shape index (κ3) is 9.66. The van der Waals surface area contributed by atoms with Crippen molar-refractivity contribution in [2.75, 3.05) is 6.61 Å². The highest BCUT2D eigenvalue weighted by Crippen LogP contribution is 2.49. The van der Waals surface area contributed by atoms with Gasteiger partial charge in [-0.2, -0.15) is 0 Å². The number of rotatable bonds is 12.